The van der Waals surface area contributed by atoms with Gasteiger partial charge in [0, 0.05) is 29.2 Å². The number of Topliss-reactive ketones (excluding diaryl/α,β-unsaturated/α-hetero) is 1. The zero-order valence-electron chi connectivity index (χ0n) is 9.86. The van der Waals surface area contributed by atoms with E-state index < -0.39 is 0 Å². The van der Waals surface area contributed by atoms with Gasteiger partial charge in [0.05, 0.1) is 11.8 Å². The van der Waals surface area contributed by atoms with Gasteiger partial charge in [-0.3, -0.25) is 9.48 Å². The predicted octanol–water partition coefficient (Wildman–Crippen LogP) is 3.64. The number of aromatic nitrogens is 2. The minimum Gasteiger partial charge on any atom is -0.294 e. The Bertz CT molecular complexity index is 558. The van der Waals surface area contributed by atoms with Gasteiger partial charge < -0.3 is 0 Å². The lowest BCUT2D eigenvalue weighted by Gasteiger charge is -2.04. The molecule has 0 saturated heterocycles. The molecule has 0 aliphatic rings. The molecule has 5 heteroatoms. The van der Waals surface area contributed by atoms with E-state index in [2.05, 4.69) is 5.10 Å². The Hall–Kier alpha value is -1.32. The van der Waals surface area contributed by atoms with Crippen molar-refractivity contribution in [2.24, 2.45) is 0 Å². The molecular weight excluding hydrogens is 271 g/mol. The van der Waals surface area contributed by atoms with Crippen LogP contribution in [0.5, 0.6) is 0 Å². The number of carbonyl (C=O) groups is 1. The third kappa shape index (κ3) is 2.74. The first-order valence-corrected chi connectivity index (χ1v) is 6.36. The van der Waals surface area contributed by atoms with Crippen LogP contribution in [0.1, 0.15) is 22.8 Å². The Labute approximate surface area is 115 Å². The average molecular weight is 283 g/mol. The molecule has 0 bridgehead atoms. The van der Waals surface area contributed by atoms with Gasteiger partial charge in [0.1, 0.15) is 0 Å². The molecule has 0 spiro atoms. The molecule has 2 aromatic rings. The van der Waals surface area contributed by atoms with Crippen LogP contribution in [0.4, 0.5) is 0 Å². The molecule has 0 fully saturated rings. The molecule has 0 radical (unpaired) electrons. The standard InChI is InChI=1S/C13H12Cl2N2O/c1-2-17-8-9(7-16-17)13(18)6-10-11(14)4-3-5-12(10)15/h3-5,7-8H,2,6H2,1H3. The summed E-state index contributed by atoms with van der Waals surface area (Å²) in [6.45, 7) is 2.70. The number of halogens is 2. The summed E-state index contributed by atoms with van der Waals surface area (Å²) >= 11 is 12.1. The van der Waals surface area contributed by atoms with Crippen molar-refractivity contribution in [1.29, 1.82) is 0 Å². The van der Waals surface area contributed by atoms with Crippen molar-refractivity contribution in [3.05, 3.63) is 51.8 Å². The second-order valence-electron chi connectivity index (χ2n) is 3.88. The maximum absolute atomic E-state index is 12.1. The monoisotopic (exact) mass is 282 g/mol. The highest BCUT2D eigenvalue weighted by Gasteiger charge is 2.13. The fourth-order valence-electron chi connectivity index (χ4n) is 1.64. The summed E-state index contributed by atoms with van der Waals surface area (Å²) in [7, 11) is 0. The molecule has 0 aliphatic carbocycles. The number of hydrogen-bond donors (Lipinski definition) is 0. The van der Waals surface area contributed by atoms with Gasteiger partial charge in [-0.25, -0.2) is 0 Å². The molecule has 1 aromatic carbocycles. The van der Waals surface area contributed by atoms with Crippen LogP contribution in [0, 0.1) is 0 Å². The third-order valence-electron chi connectivity index (χ3n) is 2.68. The van der Waals surface area contributed by atoms with Crippen LogP contribution >= 0.6 is 23.2 Å². The first-order valence-electron chi connectivity index (χ1n) is 5.60. The number of aryl methyl sites for hydroxylation is 1. The SMILES string of the molecule is CCn1cc(C(=O)Cc2c(Cl)cccc2Cl)cn1. The number of ketones is 1. The van der Waals surface area contributed by atoms with E-state index in [9.17, 15) is 4.79 Å². The van der Waals surface area contributed by atoms with Gasteiger partial charge in [-0.2, -0.15) is 5.10 Å². The van der Waals surface area contributed by atoms with Crippen LogP contribution < -0.4 is 0 Å². The molecule has 0 amide bonds. The summed E-state index contributed by atoms with van der Waals surface area (Å²) in [5.74, 6) is -0.0373. The van der Waals surface area contributed by atoms with Crippen molar-refractivity contribution in [2.75, 3.05) is 0 Å². The highest BCUT2D eigenvalue weighted by molar-refractivity contribution is 6.36. The Balaban J connectivity index is 2.21. The number of benzene rings is 1. The summed E-state index contributed by atoms with van der Waals surface area (Å²) in [5, 5.41) is 5.10. The van der Waals surface area contributed by atoms with E-state index in [1.165, 1.54) is 0 Å². The van der Waals surface area contributed by atoms with Gasteiger partial charge in [0.15, 0.2) is 5.78 Å². The van der Waals surface area contributed by atoms with Crippen LogP contribution in [-0.2, 0) is 13.0 Å². The molecule has 1 aromatic heterocycles. The molecule has 1 heterocycles. The quantitative estimate of drug-likeness (QED) is 0.803. The molecule has 94 valence electrons. The van der Waals surface area contributed by atoms with Crippen molar-refractivity contribution in [3.63, 3.8) is 0 Å². The van der Waals surface area contributed by atoms with Gasteiger partial charge in [-0.1, -0.05) is 29.3 Å². The summed E-state index contributed by atoms with van der Waals surface area (Å²) < 4.78 is 1.71. The molecule has 0 N–H and O–H groups in total. The topological polar surface area (TPSA) is 34.9 Å². The van der Waals surface area contributed by atoms with Gasteiger partial charge in [0.2, 0.25) is 0 Å². The summed E-state index contributed by atoms with van der Waals surface area (Å²) in [6, 6.07) is 5.21. The Kier molecular flexibility index (Phi) is 4.04. The van der Waals surface area contributed by atoms with E-state index in [0.717, 1.165) is 6.54 Å². The number of rotatable bonds is 4. The minimum absolute atomic E-state index is 0.0373. The Morgan fingerprint density at radius 1 is 1.33 bits per heavy atom. The average Bonchev–Trinajstić information content (AvgIpc) is 2.82. The van der Waals surface area contributed by atoms with E-state index in [1.807, 2.05) is 6.92 Å². The molecule has 0 saturated carbocycles. The van der Waals surface area contributed by atoms with Crippen molar-refractivity contribution < 1.29 is 4.79 Å². The Morgan fingerprint density at radius 3 is 2.56 bits per heavy atom. The molecule has 0 aliphatic heterocycles. The van der Waals surface area contributed by atoms with Crippen LogP contribution in [0.25, 0.3) is 0 Å². The van der Waals surface area contributed by atoms with Crippen LogP contribution in [0.3, 0.4) is 0 Å². The summed E-state index contributed by atoms with van der Waals surface area (Å²) in [4.78, 5) is 12.1. The van der Waals surface area contributed by atoms with Crippen molar-refractivity contribution in [1.82, 2.24) is 9.78 Å². The molecule has 0 unspecified atom stereocenters. The van der Waals surface area contributed by atoms with E-state index in [-0.39, 0.29) is 12.2 Å². The van der Waals surface area contributed by atoms with E-state index in [0.29, 0.717) is 21.2 Å². The van der Waals surface area contributed by atoms with E-state index in [4.69, 9.17) is 23.2 Å². The van der Waals surface area contributed by atoms with Crippen LogP contribution in [-0.4, -0.2) is 15.6 Å². The maximum Gasteiger partial charge on any atom is 0.170 e. The summed E-state index contributed by atoms with van der Waals surface area (Å²) in [6.07, 6.45) is 3.48. The minimum atomic E-state index is -0.0373. The molecular formula is C13H12Cl2N2O. The number of nitrogens with zero attached hydrogens (tertiary/aromatic N) is 2. The molecule has 0 atom stereocenters. The van der Waals surface area contributed by atoms with Gasteiger partial charge >= 0.3 is 0 Å². The lowest BCUT2D eigenvalue weighted by molar-refractivity contribution is 0.0993. The second kappa shape index (κ2) is 5.55. The highest BCUT2D eigenvalue weighted by atomic mass is 35.5. The molecule has 2 rings (SSSR count). The first kappa shape index (κ1) is 13.1. The zero-order chi connectivity index (χ0) is 13.1. The van der Waals surface area contributed by atoms with Crippen molar-refractivity contribution >= 4 is 29.0 Å². The zero-order valence-corrected chi connectivity index (χ0v) is 11.4. The van der Waals surface area contributed by atoms with Crippen LogP contribution in [0.15, 0.2) is 30.6 Å². The van der Waals surface area contributed by atoms with Gasteiger partial charge in [0.25, 0.3) is 0 Å². The fraction of sp³-hybridized carbons (Fsp3) is 0.231. The first-order chi connectivity index (χ1) is 8.61. The van der Waals surface area contributed by atoms with E-state index in [1.54, 1.807) is 35.3 Å². The third-order valence-corrected chi connectivity index (χ3v) is 3.39. The predicted molar refractivity (Wildman–Crippen MR) is 72.4 cm³/mol. The largest absolute Gasteiger partial charge is 0.294 e. The fourth-order valence-corrected chi connectivity index (χ4v) is 2.18. The maximum atomic E-state index is 12.1. The molecule has 18 heavy (non-hydrogen) atoms. The lowest BCUT2D eigenvalue weighted by atomic mass is 10.1. The molecule has 3 nitrogen and oxygen atoms in total. The van der Waals surface area contributed by atoms with Gasteiger partial charge in [-0.05, 0) is 24.6 Å². The lowest BCUT2D eigenvalue weighted by Crippen LogP contribution is -2.03. The number of hydrogen-bond acceptors (Lipinski definition) is 2. The van der Waals surface area contributed by atoms with Crippen molar-refractivity contribution in [3.8, 4) is 0 Å². The van der Waals surface area contributed by atoms with E-state index >= 15 is 0 Å². The highest BCUT2D eigenvalue weighted by Crippen LogP contribution is 2.25. The smallest absolute Gasteiger partial charge is 0.170 e. The second-order valence-corrected chi connectivity index (χ2v) is 4.70. The normalized spacial score (nSPS) is 10.6. The van der Waals surface area contributed by atoms with Crippen LogP contribution in [0.2, 0.25) is 10.0 Å². The summed E-state index contributed by atoms with van der Waals surface area (Å²) in [5.41, 5.74) is 1.24. The Morgan fingerprint density at radius 2 is 2.00 bits per heavy atom. The van der Waals surface area contributed by atoms with Crippen molar-refractivity contribution in [2.45, 2.75) is 19.9 Å². The van der Waals surface area contributed by atoms with Gasteiger partial charge in [-0.15, -0.1) is 0 Å². The number of carbonyl (C=O) groups excluding carboxylic acids is 1.